The van der Waals surface area contributed by atoms with E-state index in [0.717, 1.165) is 57.0 Å². The molecule has 2 aliphatic rings. The molecule has 0 radical (unpaired) electrons. The van der Waals surface area contributed by atoms with Gasteiger partial charge in [0.1, 0.15) is 0 Å². The van der Waals surface area contributed by atoms with Crippen LogP contribution in [0.5, 0.6) is 0 Å². The third-order valence-corrected chi connectivity index (χ3v) is 4.98. The zero-order valence-electron chi connectivity index (χ0n) is 15.5. The summed E-state index contributed by atoms with van der Waals surface area (Å²) >= 11 is 0. The summed E-state index contributed by atoms with van der Waals surface area (Å²) in [6.45, 7) is 5.89. The van der Waals surface area contributed by atoms with Gasteiger partial charge in [0.2, 0.25) is 0 Å². The Balaban J connectivity index is 1.59. The number of para-hydroxylation sites is 1. The van der Waals surface area contributed by atoms with E-state index in [2.05, 4.69) is 39.4 Å². The van der Waals surface area contributed by atoms with Gasteiger partial charge in [-0.25, -0.2) is 0 Å². The summed E-state index contributed by atoms with van der Waals surface area (Å²) in [6, 6.07) is 11.1. The molecular formula is C20H32N4O. The molecule has 1 N–H and O–H groups in total. The lowest BCUT2D eigenvalue weighted by molar-refractivity contribution is 0.145. The van der Waals surface area contributed by atoms with Crippen molar-refractivity contribution in [2.24, 2.45) is 4.99 Å². The van der Waals surface area contributed by atoms with E-state index in [9.17, 15) is 0 Å². The summed E-state index contributed by atoms with van der Waals surface area (Å²) in [6.07, 6.45) is 6.51. The molecule has 1 saturated heterocycles. The monoisotopic (exact) mass is 344 g/mol. The number of rotatable bonds is 8. The average Bonchev–Trinajstić information content (AvgIpc) is 3.50. The van der Waals surface area contributed by atoms with Gasteiger partial charge in [-0.05, 0) is 44.2 Å². The summed E-state index contributed by atoms with van der Waals surface area (Å²) in [7, 11) is 1.78. The summed E-state index contributed by atoms with van der Waals surface area (Å²) < 4.78 is 5.25. The second kappa shape index (κ2) is 9.78. The van der Waals surface area contributed by atoms with Gasteiger partial charge in [0.15, 0.2) is 5.96 Å². The Morgan fingerprint density at radius 2 is 1.92 bits per heavy atom. The number of nitrogens with zero attached hydrogens (tertiary/aromatic N) is 3. The van der Waals surface area contributed by atoms with Crippen LogP contribution in [0.2, 0.25) is 0 Å². The standard InChI is InChI=1S/C20H32N4O/c1-25-17-16-23(19-10-11-19)15-12-21-20(24-13-6-3-7-14-24)22-18-8-4-2-5-9-18/h2,4-5,8-9,19H,3,6-7,10-17H2,1H3,(H,21,22). The molecule has 5 nitrogen and oxygen atoms in total. The number of hydrogen-bond donors (Lipinski definition) is 1. The van der Waals surface area contributed by atoms with Crippen molar-refractivity contribution in [3.05, 3.63) is 30.3 Å². The minimum Gasteiger partial charge on any atom is -0.383 e. The predicted octanol–water partition coefficient (Wildman–Crippen LogP) is 3.05. The number of aliphatic imine (C=N–C) groups is 1. The Hall–Kier alpha value is -1.59. The topological polar surface area (TPSA) is 40.1 Å². The molecule has 0 amide bonds. The van der Waals surface area contributed by atoms with Gasteiger partial charge in [0.25, 0.3) is 0 Å². The normalized spacial score (nSPS) is 18.6. The maximum atomic E-state index is 5.25. The van der Waals surface area contributed by atoms with Gasteiger partial charge in [0.05, 0.1) is 13.2 Å². The number of ether oxygens (including phenoxy) is 1. The molecule has 138 valence electrons. The van der Waals surface area contributed by atoms with Crippen LogP contribution in [-0.4, -0.2) is 68.2 Å². The number of methoxy groups -OCH3 is 1. The lowest BCUT2D eigenvalue weighted by Gasteiger charge is -2.30. The molecule has 1 saturated carbocycles. The quantitative estimate of drug-likeness (QED) is 0.581. The fourth-order valence-electron chi connectivity index (χ4n) is 3.38. The molecule has 3 rings (SSSR count). The van der Waals surface area contributed by atoms with E-state index in [-0.39, 0.29) is 0 Å². The number of guanidine groups is 1. The summed E-state index contributed by atoms with van der Waals surface area (Å²) in [5.41, 5.74) is 1.12. The van der Waals surface area contributed by atoms with Crippen LogP contribution in [0.1, 0.15) is 32.1 Å². The van der Waals surface area contributed by atoms with Gasteiger partial charge in [-0.1, -0.05) is 18.2 Å². The van der Waals surface area contributed by atoms with Crippen LogP contribution < -0.4 is 5.32 Å². The highest BCUT2D eigenvalue weighted by atomic mass is 16.5. The molecule has 5 heteroatoms. The van der Waals surface area contributed by atoms with E-state index in [1.807, 2.05) is 6.07 Å². The van der Waals surface area contributed by atoms with Crippen LogP contribution in [0.15, 0.2) is 35.3 Å². The maximum Gasteiger partial charge on any atom is 0.198 e. The smallest absolute Gasteiger partial charge is 0.198 e. The molecule has 2 fully saturated rings. The summed E-state index contributed by atoms with van der Waals surface area (Å²) in [5, 5.41) is 3.54. The van der Waals surface area contributed by atoms with Gasteiger partial charge >= 0.3 is 0 Å². The van der Waals surface area contributed by atoms with Crippen LogP contribution in [0, 0.1) is 0 Å². The van der Waals surface area contributed by atoms with Crippen molar-refractivity contribution in [3.63, 3.8) is 0 Å². The minimum atomic E-state index is 0.755. The molecule has 0 spiro atoms. The molecule has 0 unspecified atom stereocenters. The number of hydrogen-bond acceptors (Lipinski definition) is 3. The Bertz CT molecular complexity index is 524. The van der Waals surface area contributed by atoms with E-state index >= 15 is 0 Å². The molecule has 1 aromatic rings. The van der Waals surface area contributed by atoms with Crippen molar-refractivity contribution in [1.29, 1.82) is 0 Å². The largest absolute Gasteiger partial charge is 0.383 e. The molecule has 25 heavy (non-hydrogen) atoms. The van der Waals surface area contributed by atoms with Crippen molar-refractivity contribution in [2.75, 3.05) is 51.8 Å². The first-order chi connectivity index (χ1) is 12.4. The van der Waals surface area contributed by atoms with Gasteiger partial charge in [-0.3, -0.25) is 9.89 Å². The lowest BCUT2D eigenvalue weighted by atomic mass is 10.1. The Morgan fingerprint density at radius 3 is 2.60 bits per heavy atom. The van der Waals surface area contributed by atoms with E-state index in [4.69, 9.17) is 9.73 Å². The number of anilines is 1. The van der Waals surface area contributed by atoms with E-state index < -0.39 is 0 Å². The second-order valence-corrected chi connectivity index (χ2v) is 7.00. The molecule has 0 aromatic heterocycles. The van der Waals surface area contributed by atoms with Gasteiger partial charge in [-0.2, -0.15) is 0 Å². The first-order valence-corrected chi connectivity index (χ1v) is 9.71. The van der Waals surface area contributed by atoms with Crippen molar-refractivity contribution in [2.45, 2.75) is 38.1 Å². The lowest BCUT2D eigenvalue weighted by Crippen LogP contribution is -2.40. The fourth-order valence-corrected chi connectivity index (χ4v) is 3.38. The van der Waals surface area contributed by atoms with Crippen molar-refractivity contribution in [1.82, 2.24) is 9.80 Å². The Morgan fingerprint density at radius 1 is 1.16 bits per heavy atom. The van der Waals surface area contributed by atoms with Crippen LogP contribution in [0.4, 0.5) is 5.69 Å². The highest BCUT2D eigenvalue weighted by Gasteiger charge is 2.28. The molecule has 0 atom stereocenters. The van der Waals surface area contributed by atoms with Crippen LogP contribution in [0.3, 0.4) is 0 Å². The zero-order valence-corrected chi connectivity index (χ0v) is 15.5. The zero-order chi connectivity index (χ0) is 17.3. The molecular weight excluding hydrogens is 312 g/mol. The number of piperidine rings is 1. The van der Waals surface area contributed by atoms with E-state index in [1.165, 1.54) is 32.1 Å². The van der Waals surface area contributed by atoms with Crippen molar-refractivity contribution >= 4 is 11.6 Å². The summed E-state index contributed by atoms with van der Waals surface area (Å²) in [5.74, 6) is 1.04. The molecule has 0 bridgehead atoms. The van der Waals surface area contributed by atoms with Crippen LogP contribution in [-0.2, 0) is 4.74 Å². The van der Waals surface area contributed by atoms with Gasteiger partial charge in [-0.15, -0.1) is 0 Å². The molecule has 1 aliphatic heterocycles. The Labute approximate surface area is 152 Å². The molecule has 1 aromatic carbocycles. The summed E-state index contributed by atoms with van der Waals surface area (Å²) in [4.78, 5) is 9.89. The Kier molecular flexibility index (Phi) is 7.12. The van der Waals surface area contributed by atoms with Crippen molar-refractivity contribution < 1.29 is 4.74 Å². The minimum absolute atomic E-state index is 0.755. The van der Waals surface area contributed by atoms with E-state index in [0.29, 0.717) is 0 Å². The highest BCUT2D eigenvalue weighted by Crippen LogP contribution is 2.26. The fraction of sp³-hybridized carbons (Fsp3) is 0.650. The third-order valence-electron chi connectivity index (χ3n) is 4.98. The predicted molar refractivity (Wildman–Crippen MR) is 104 cm³/mol. The molecule has 1 heterocycles. The number of benzene rings is 1. The number of nitrogens with one attached hydrogen (secondary N) is 1. The second-order valence-electron chi connectivity index (χ2n) is 7.00. The number of likely N-dealkylation sites (tertiary alicyclic amines) is 1. The van der Waals surface area contributed by atoms with E-state index in [1.54, 1.807) is 7.11 Å². The first kappa shape index (κ1) is 18.2. The highest BCUT2D eigenvalue weighted by molar-refractivity contribution is 5.93. The average molecular weight is 345 g/mol. The van der Waals surface area contributed by atoms with Gasteiger partial charge in [0, 0.05) is 45.0 Å². The maximum absolute atomic E-state index is 5.25. The SMILES string of the molecule is COCCN(CCN=C(Nc1ccccc1)N1CCCCC1)C1CC1. The van der Waals surface area contributed by atoms with Crippen LogP contribution in [0.25, 0.3) is 0 Å². The van der Waals surface area contributed by atoms with Crippen LogP contribution >= 0.6 is 0 Å². The van der Waals surface area contributed by atoms with Gasteiger partial charge < -0.3 is 15.0 Å². The molecule has 1 aliphatic carbocycles. The third kappa shape index (κ3) is 6.01. The first-order valence-electron chi connectivity index (χ1n) is 9.71. The van der Waals surface area contributed by atoms with Crippen molar-refractivity contribution in [3.8, 4) is 0 Å².